The lowest BCUT2D eigenvalue weighted by atomic mass is 10.0. The summed E-state index contributed by atoms with van der Waals surface area (Å²) in [6.07, 6.45) is 2.39. The normalized spacial score (nSPS) is 13.9. The molecule has 2 aromatic rings. The summed E-state index contributed by atoms with van der Waals surface area (Å²) in [6, 6.07) is 14.7. The molecule has 1 aliphatic rings. The van der Waals surface area contributed by atoms with Gasteiger partial charge < -0.3 is 15.4 Å². The highest BCUT2D eigenvalue weighted by molar-refractivity contribution is 5.57. The Morgan fingerprint density at radius 2 is 2.05 bits per heavy atom. The van der Waals surface area contributed by atoms with E-state index in [9.17, 15) is 0 Å². The molecule has 0 bridgehead atoms. The Hall–Kier alpha value is -2.16. The number of benzene rings is 2. The number of para-hydroxylation sites is 1. The molecule has 2 N–H and O–H groups in total. The number of ether oxygens (including phenoxy) is 1. The summed E-state index contributed by atoms with van der Waals surface area (Å²) < 4.78 is 5.30. The number of methoxy groups -OCH3 is 1. The topological polar surface area (TPSA) is 38.5 Å². The van der Waals surface area contributed by atoms with E-state index in [-0.39, 0.29) is 0 Å². The van der Waals surface area contributed by atoms with Crippen LogP contribution < -0.4 is 15.4 Å². The molecule has 3 nitrogen and oxygen atoms in total. The molecule has 0 amide bonds. The molecule has 0 atom stereocenters. The molecule has 2 aromatic carbocycles. The Bertz CT molecular complexity index is 610. The summed E-state index contributed by atoms with van der Waals surface area (Å²) in [4.78, 5) is 2.43. The standard InChI is InChI=1S/C17H20N2O/c1-20-17-11-13(8-9-15(17)18)12-19-10-4-6-14-5-2-3-7-16(14)19/h2-3,5,7-9,11H,4,6,10,12,18H2,1H3. The number of nitrogens with two attached hydrogens (primary N) is 1. The average Bonchev–Trinajstić information content (AvgIpc) is 2.49. The molecule has 0 aromatic heterocycles. The lowest BCUT2D eigenvalue weighted by Gasteiger charge is -2.31. The zero-order valence-corrected chi connectivity index (χ0v) is 11.8. The second-order valence-electron chi connectivity index (χ2n) is 5.23. The van der Waals surface area contributed by atoms with Crippen LogP contribution in [0.15, 0.2) is 42.5 Å². The molecule has 20 heavy (non-hydrogen) atoms. The maximum absolute atomic E-state index is 5.87. The van der Waals surface area contributed by atoms with Gasteiger partial charge in [0, 0.05) is 18.8 Å². The summed E-state index contributed by atoms with van der Waals surface area (Å²) in [6.45, 7) is 2.00. The van der Waals surface area contributed by atoms with Crippen molar-refractivity contribution in [2.45, 2.75) is 19.4 Å². The zero-order valence-electron chi connectivity index (χ0n) is 11.8. The highest BCUT2D eigenvalue weighted by Gasteiger charge is 2.16. The lowest BCUT2D eigenvalue weighted by molar-refractivity contribution is 0.416. The molecule has 3 rings (SSSR count). The molecular formula is C17H20N2O. The summed E-state index contributed by atoms with van der Waals surface area (Å²) in [5.74, 6) is 0.757. The van der Waals surface area contributed by atoms with Gasteiger partial charge in [-0.1, -0.05) is 24.3 Å². The Kier molecular flexibility index (Phi) is 3.50. The van der Waals surface area contributed by atoms with E-state index in [1.54, 1.807) is 7.11 Å². The van der Waals surface area contributed by atoms with Crippen LogP contribution in [0.4, 0.5) is 11.4 Å². The predicted molar refractivity (Wildman–Crippen MR) is 83.2 cm³/mol. The Balaban J connectivity index is 1.85. The van der Waals surface area contributed by atoms with Crippen LogP contribution in [-0.2, 0) is 13.0 Å². The van der Waals surface area contributed by atoms with Gasteiger partial charge in [-0.2, -0.15) is 0 Å². The fraction of sp³-hybridized carbons (Fsp3) is 0.294. The van der Waals surface area contributed by atoms with Crippen LogP contribution in [0.3, 0.4) is 0 Å². The molecule has 3 heteroatoms. The summed E-state index contributed by atoms with van der Waals surface area (Å²) >= 11 is 0. The largest absolute Gasteiger partial charge is 0.495 e. The first kappa shape index (κ1) is 12.9. The van der Waals surface area contributed by atoms with Crippen LogP contribution in [0.1, 0.15) is 17.5 Å². The molecule has 0 unspecified atom stereocenters. The fourth-order valence-electron chi connectivity index (χ4n) is 2.85. The number of nitrogen functional groups attached to an aromatic ring is 1. The lowest BCUT2D eigenvalue weighted by Crippen LogP contribution is -2.28. The number of anilines is 2. The Morgan fingerprint density at radius 1 is 1.20 bits per heavy atom. The molecule has 0 saturated carbocycles. The van der Waals surface area contributed by atoms with E-state index < -0.39 is 0 Å². The van der Waals surface area contributed by atoms with Crippen molar-refractivity contribution in [2.24, 2.45) is 0 Å². The van der Waals surface area contributed by atoms with Gasteiger partial charge in [-0.05, 0) is 42.2 Å². The fourth-order valence-corrected chi connectivity index (χ4v) is 2.85. The Morgan fingerprint density at radius 3 is 2.90 bits per heavy atom. The van der Waals surface area contributed by atoms with E-state index in [1.807, 2.05) is 12.1 Å². The minimum absolute atomic E-state index is 0.690. The zero-order chi connectivity index (χ0) is 13.9. The molecule has 0 spiro atoms. The third kappa shape index (κ3) is 2.44. The highest BCUT2D eigenvalue weighted by atomic mass is 16.5. The maximum atomic E-state index is 5.87. The molecule has 104 valence electrons. The van der Waals surface area contributed by atoms with Crippen LogP contribution in [0.2, 0.25) is 0 Å². The van der Waals surface area contributed by atoms with E-state index in [0.29, 0.717) is 5.69 Å². The van der Waals surface area contributed by atoms with Crippen LogP contribution in [0.25, 0.3) is 0 Å². The van der Waals surface area contributed by atoms with Crippen molar-refractivity contribution < 1.29 is 4.74 Å². The van der Waals surface area contributed by atoms with Crippen molar-refractivity contribution in [1.82, 2.24) is 0 Å². The van der Waals surface area contributed by atoms with E-state index in [4.69, 9.17) is 10.5 Å². The van der Waals surface area contributed by atoms with Crippen molar-refractivity contribution in [3.63, 3.8) is 0 Å². The van der Waals surface area contributed by atoms with Gasteiger partial charge in [0.1, 0.15) is 5.75 Å². The molecule has 1 heterocycles. The second kappa shape index (κ2) is 5.45. The van der Waals surface area contributed by atoms with Crippen molar-refractivity contribution in [2.75, 3.05) is 24.3 Å². The monoisotopic (exact) mass is 268 g/mol. The van der Waals surface area contributed by atoms with Gasteiger partial charge in [0.05, 0.1) is 12.8 Å². The molecule has 0 radical (unpaired) electrons. The molecular weight excluding hydrogens is 248 g/mol. The van der Waals surface area contributed by atoms with Crippen LogP contribution in [0.5, 0.6) is 5.75 Å². The van der Waals surface area contributed by atoms with E-state index >= 15 is 0 Å². The number of nitrogens with zero attached hydrogens (tertiary/aromatic N) is 1. The van der Waals surface area contributed by atoms with Gasteiger partial charge in [0.2, 0.25) is 0 Å². The quantitative estimate of drug-likeness (QED) is 0.869. The third-order valence-corrected chi connectivity index (χ3v) is 3.88. The summed E-state index contributed by atoms with van der Waals surface area (Å²) in [5.41, 5.74) is 10.6. The number of aryl methyl sites for hydroxylation is 1. The molecule has 0 aliphatic carbocycles. The molecule has 1 aliphatic heterocycles. The SMILES string of the molecule is COc1cc(CN2CCCc3ccccc32)ccc1N. The van der Waals surface area contributed by atoms with Gasteiger partial charge >= 0.3 is 0 Å². The number of fused-ring (bicyclic) bond motifs is 1. The first-order valence-electron chi connectivity index (χ1n) is 7.03. The van der Waals surface area contributed by atoms with E-state index in [1.165, 1.54) is 29.7 Å². The maximum Gasteiger partial charge on any atom is 0.142 e. The number of rotatable bonds is 3. The van der Waals surface area contributed by atoms with E-state index in [2.05, 4.69) is 35.2 Å². The smallest absolute Gasteiger partial charge is 0.142 e. The van der Waals surface area contributed by atoms with Crippen molar-refractivity contribution >= 4 is 11.4 Å². The van der Waals surface area contributed by atoms with Gasteiger partial charge in [0.15, 0.2) is 0 Å². The third-order valence-electron chi connectivity index (χ3n) is 3.88. The van der Waals surface area contributed by atoms with Crippen molar-refractivity contribution in [3.8, 4) is 5.75 Å². The van der Waals surface area contributed by atoms with Crippen molar-refractivity contribution in [3.05, 3.63) is 53.6 Å². The molecule has 0 fully saturated rings. The number of hydrogen-bond acceptors (Lipinski definition) is 3. The minimum Gasteiger partial charge on any atom is -0.495 e. The predicted octanol–water partition coefficient (Wildman–Crippen LogP) is 3.23. The molecule has 0 saturated heterocycles. The van der Waals surface area contributed by atoms with Crippen LogP contribution in [0, 0.1) is 0 Å². The van der Waals surface area contributed by atoms with Crippen LogP contribution >= 0.6 is 0 Å². The number of hydrogen-bond donors (Lipinski definition) is 1. The van der Waals surface area contributed by atoms with Gasteiger partial charge in [-0.15, -0.1) is 0 Å². The van der Waals surface area contributed by atoms with Gasteiger partial charge in [0.25, 0.3) is 0 Å². The second-order valence-corrected chi connectivity index (χ2v) is 5.23. The highest BCUT2D eigenvalue weighted by Crippen LogP contribution is 2.29. The average molecular weight is 268 g/mol. The Labute approximate surface area is 120 Å². The van der Waals surface area contributed by atoms with Crippen molar-refractivity contribution in [1.29, 1.82) is 0 Å². The van der Waals surface area contributed by atoms with Gasteiger partial charge in [-0.3, -0.25) is 0 Å². The first-order valence-corrected chi connectivity index (χ1v) is 7.03. The summed E-state index contributed by atoms with van der Waals surface area (Å²) in [5, 5.41) is 0. The summed E-state index contributed by atoms with van der Waals surface area (Å²) in [7, 11) is 1.66. The van der Waals surface area contributed by atoms with E-state index in [0.717, 1.165) is 18.8 Å². The first-order chi connectivity index (χ1) is 9.78. The van der Waals surface area contributed by atoms with Crippen LogP contribution in [-0.4, -0.2) is 13.7 Å². The van der Waals surface area contributed by atoms with Gasteiger partial charge in [-0.25, -0.2) is 0 Å². The minimum atomic E-state index is 0.690.